The number of nitrogens with two attached hydrogens (primary N) is 1. The molecule has 2 fully saturated rings. The molecule has 3 N–H and O–H groups in total. The quantitative estimate of drug-likeness (QED) is 0.333. The average molecular weight is 267 g/mol. The highest BCUT2D eigenvalue weighted by molar-refractivity contribution is 5.87. The number of rotatable bonds is 6. The Morgan fingerprint density at radius 1 is 1.42 bits per heavy atom. The van der Waals surface area contributed by atoms with Crippen LogP contribution in [-0.2, 0) is 4.79 Å². The number of fused-ring (bicyclic) bond motifs is 2. The number of carbonyl (C=O) groups is 1. The van der Waals surface area contributed by atoms with Crippen LogP contribution in [0.4, 0.5) is 0 Å². The fourth-order valence-corrected chi connectivity index (χ4v) is 3.77. The van der Waals surface area contributed by atoms with E-state index < -0.39 is 0 Å². The lowest BCUT2D eigenvalue weighted by molar-refractivity contribution is -0.132. The van der Waals surface area contributed by atoms with Crippen LogP contribution in [0.5, 0.6) is 0 Å². The molecule has 2 aliphatic carbocycles. The van der Waals surface area contributed by atoms with Crippen LogP contribution in [0.3, 0.4) is 0 Å². The van der Waals surface area contributed by atoms with Gasteiger partial charge in [0.05, 0.1) is 6.54 Å². The lowest BCUT2D eigenvalue weighted by atomic mass is 9.86. The van der Waals surface area contributed by atoms with Gasteiger partial charge in [-0.1, -0.05) is 18.5 Å². The number of hydrogen-bond acceptors (Lipinski definition) is 3. The van der Waals surface area contributed by atoms with Crippen molar-refractivity contribution in [2.75, 3.05) is 13.1 Å². The minimum Gasteiger partial charge on any atom is -0.409 e. The molecule has 3 unspecified atom stereocenters. The van der Waals surface area contributed by atoms with E-state index in [-0.39, 0.29) is 18.3 Å². The lowest BCUT2D eigenvalue weighted by Gasteiger charge is -2.26. The van der Waals surface area contributed by atoms with Crippen LogP contribution in [0.2, 0.25) is 0 Å². The van der Waals surface area contributed by atoms with Crippen LogP contribution in [0.1, 0.15) is 45.4 Å². The van der Waals surface area contributed by atoms with Gasteiger partial charge in [0.2, 0.25) is 5.91 Å². The maximum atomic E-state index is 12.4. The van der Waals surface area contributed by atoms with Gasteiger partial charge in [-0.25, -0.2) is 0 Å². The normalized spacial score (nSPS) is 29.7. The van der Waals surface area contributed by atoms with E-state index >= 15 is 0 Å². The van der Waals surface area contributed by atoms with Gasteiger partial charge in [-0.3, -0.25) is 4.79 Å². The molecule has 0 aliphatic heterocycles. The van der Waals surface area contributed by atoms with E-state index in [1.54, 1.807) is 4.90 Å². The predicted molar refractivity (Wildman–Crippen MR) is 73.8 cm³/mol. The molecule has 5 heteroatoms. The summed E-state index contributed by atoms with van der Waals surface area (Å²) in [5, 5.41) is 11.6. The first-order valence-electron chi connectivity index (χ1n) is 7.38. The van der Waals surface area contributed by atoms with Gasteiger partial charge in [0.1, 0.15) is 0 Å². The van der Waals surface area contributed by atoms with Crippen molar-refractivity contribution in [1.29, 1.82) is 0 Å². The van der Waals surface area contributed by atoms with E-state index in [9.17, 15) is 4.79 Å². The van der Waals surface area contributed by atoms with E-state index in [1.165, 1.54) is 25.7 Å². The standard InChI is InChI=1S/C14H25N3O2/c1-2-5-17(9-13(15)16-19)14(18)8-12-7-10-3-4-11(12)6-10/h10-12,19H,2-9H2,1H3,(H2,15,16). The number of carbonyl (C=O) groups excluding carboxylic acids is 1. The maximum absolute atomic E-state index is 12.4. The summed E-state index contributed by atoms with van der Waals surface area (Å²) < 4.78 is 0. The minimum absolute atomic E-state index is 0.106. The van der Waals surface area contributed by atoms with E-state index in [4.69, 9.17) is 10.9 Å². The van der Waals surface area contributed by atoms with Crippen molar-refractivity contribution in [3.8, 4) is 0 Å². The molecule has 2 saturated carbocycles. The third-order valence-corrected chi connectivity index (χ3v) is 4.65. The lowest BCUT2D eigenvalue weighted by Crippen LogP contribution is -2.40. The summed E-state index contributed by atoms with van der Waals surface area (Å²) in [5.74, 6) is 2.46. The molecule has 1 amide bonds. The van der Waals surface area contributed by atoms with Gasteiger partial charge in [-0.2, -0.15) is 0 Å². The van der Waals surface area contributed by atoms with Gasteiger partial charge in [-0.05, 0) is 43.4 Å². The predicted octanol–water partition coefficient (Wildman–Crippen LogP) is 1.80. The Morgan fingerprint density at radius 2 is 2.21 bits per heavy atom. The summed E-state index contributed by atoms with van der Waals surface area (Å²) in [6.45, 7) is 2.95. The smallest absolute Gasteiger partial charge is 0.223 e. The monoisotopic (exact) mass is 267 g/mol. The Morgan fingerprint density at radius 3 is 2.74 bits per heavy atom. The van der Waals surface area contributed by atoms with Crippen molar-refractivity contribution in [2.24, 2.45) is 28.6 Å². The van der Waals surface area contributed by atoms with Crippen molar-refractivity contribution in [3.63, 3.8) is 0 Å². The first-order valence-corrected chi connectivity index (χ1v) is 7.38. The molecule has 19 heavy (non-hydrogen) atoms. The molecule has 3 atom stereocenters. The van der Waals surface area contributed by atoms with Crippen LogP contribution in [0.15, 0.2) is 5.16 Å². The van der Waals surface area contributed by atoms with Gasteiger partial charge < -0.3 is 15.8 Å². The molecule has 2 rings (SSSR count). The second kappa shape index (κ2) is 6.26. The molecule has 0 aromatic heterocycles. The van der Waals surface area contributed by atoms with Crippen molar-refractivity contribution in [1.82, 2.24) is 4.90 Å². The first-order chi connectivity index (χ1) is 9.13. The zero-order valence-electron chi connectivity index (χ0n) is 11.7. The Labute approximate surface area is 114 Å². The summed E-state index contributed by atoms with van der Waals surface area (Å²) in [7, 11) is 0. The Hall–Kier alpha value is -1.26. The highest BCUT2D eigenvalue weighted by Crippen LogP contribution is 2.49. The van der Waals surface area contributed by atoms with E-state index in [2.05, 4.69) is 5.16 Å². The van der Waals surface area contributed by atoms with Crippen LogP contribution in [0.25, 0.3) is 0 Å². The van der Waals surface area contributed by atoms with Crippen LogP contribution >= 0.6 is 0 Å². The Bertz CT molecular complexity index is 357. The molecule has 0 heterocycles. The molecular weight excluding hydrogens is 242 g/mol. The molecule has 2 aliphatic rings. The van der Waals surface area contributed by atoms with Gasteiger partial charge in [0, 0.05) is 13.0 Å². The molecule has 2 bridgehead atoms. The van der Waals surface area contributed by atoms with Crippen LogP contribution in [-0.4, -0.2) is 34.9 Å². The van der Waals surface area contributed by atoms with Crippen LogP contribution < -0.4 is 5.73 Å². The van der Waals surface area contributed by atoms with Crippen molar-refractivity contribution in [3.05, 3.63) is 0 Å². The number of oxime groups is 1. The van der Waals surface area contributed by atoms with Gasteiger partial charge >= 0.3 is 0 Å². The van der Waals surface area contributed by atoms with Crippen LogP contribution in [0, 0.1) is 17.8 Å². The number of hydrogen-bond donors (Lipinski definition) is 2. The molecular formula is C14H25N3O2. The zero-order chi connectivity index (χ0) is 13.8. The molecule has 0 radical (unpaired) electrons. The van der Waals surface area contributed by atoms with Gasteiger partial charge in [0.25, 0.3) is 0 Å². The van der Waals surface area contributed by atoms with Gasteiger partial charge in [0.15, 0.2) is 5.84 Å². The summed E-state index contributed by atoms with van der Waals surface area (Å²) in [4.78, 5) is 14.1. The van der Waals surface area contributed by atoms with Crippen molar-refractivity contribution >= 4 is 11.7 Å². The SMILES string of the molecule is CCCN(CC(N)=NO)C(=O)CC1CC2CCC1C2. The van der Waals surface area contributed by atoms with Crippen molar-refractivity contribution < 1.29 is 10.0 Å². The topological polar surface area (TPSA) is 78.9 Å². The number of amides is 1. The third-order valence-electron chi connectivity index (χ3n) is 4.65. The second-order valence-electron chi connectivity index (χ2n) is 6.05. The summed E-state index contributed by atoms with van der Waals surface area (Å²) in [6.07, 6.45) is 6.74. The fraction of sp³-hybridized carbons (Fsp3) is 0.857. The van der Waals surface area contributed by atoms with E-state index in [1.807, 2.05) is 6.92 Å². The number of amidine groups is 1. The molecule has 0 aromatic rings. The Kier molecular flexibility index (Phi) is 4.66. The van der Waals surface area contributed by atoms with Crippen molar-refractivity contribution in [2.45, 2.75) is 45.4 Å². The van der Waals surface area contributed by atoms with Gasteiger partial charge in [-0.15, -0.1) is 0 Å². The Balaban J connectivity index is 1.88. The summed E-state index contributed by atoms with van der Waals surface area (Å²) in [5.41, 5.74) is 5.52. The fourth-order valence-electron chi connectivity index (χ4n) is 3.77. The number of nitrogens with zero attached hydrogens (tertiary/aromatic N) is 2. The maximum Gasteiger partial charge on any atom is 0.223 e. The highest BCUT2D eigenvalue weighted by atomic mass is 16.4. The highest BCUT2D eigenvalue weighted by Gasteiger charge is 2.40. The minimum atomic E-state index is 0.106. The van der Waals surface area contributed by atoms with E-state index in [0.717, 1.165) is 18.3 Å². The molecule has 0 saturated heterocycles. The molecule has 0 spiro atoms. The zero-order valence-corrected chi connectivity index (χ0v) is 11.7. The summed E-state index contributed by atoms with van der Waals surface area (Å²) >= 11 is 0. The first kappa shape index (κ1) is 14.2. The van der Waals surface area contributed by atoms with E-state index in [0.29, 0.717) is 18.9 Å². The molecule has 108 valence electrons. The molecule has 0 aromatic carbocycles. The average Bonchev–Trinajstić information content (AvgIpc) is 3.00. The largest absolute Gasteiger partial charge is 0.409 e. The summed E-state index contributed by atoms with van der Waals surface area (Å²) in [6, 6.07) is 0. The second-order valence-corrected chi connectivity index (χ2v) is 6.05. The third kappa shape index (κ3) is 3.39. The molecule has 5 nitrogen and oxygen atoms in total.